The molecule has 0 radical (unpaired) electrons. The van der Waals surface area contributed by atoms with E-state index in [1.54, 1.807) is 24.3 Å². The Morgan fingerprint density at radius 2 is 1.75 bits per heavy atom. The first-order valence-electron chi connectivity index (χ1n) is 12.7. The molecule has 1 heterocycles. The van der Waals surface area contributed by atoms with Crippen LogP contribution in [0.2, 0.25) is 10.0 Å². The molecule has 4 atom stereocenters. The zero-order chi connectivity index (χ0) is 29.4. The Kier molecular flexibility index (Phi) is 8.73. The summed E-state index contributed by atoms with van der Waals surface area (Å²) in [6.07, 6.45) is 0.541. The van der Waals surface area contributed by atoms with E-state index < -0.39 is 47.4 Å². The van der Waals surface area contributed by atoms with E-state index in [4.69, 9.17) is 27.9 Å². The van der Waals surface area contributed by atoms with Gasteiger partial charge in [-0.3, -0.25) is 4.79 Å². The van der Waals surface area contributed by atoms with Gasteiger partial charge in [-0.2, -0.15) is 0 Å². The molecule has 3 N–H and O–H groups in total. The van der Waals surface area contributed by atoms with Crippen molar-refractivity contribution in [3.8, 4) is 5.75 Å². The van der Waals surface area contributed by atoms with Crippen LogP contribution in [0.25, 0.3) is 0 Å². The molecule has 0 saturated carbocycles. The van der Waals surface area contributed by atoms with Crippen LogP contribution in [0.4, 0.5) is 14.5 Å². The van der Waals surface area contributed by atoms with E-state index in [1.807, 2.05) is 20.8 Å². The average molecular weight is 591 g/mol. The maximum absolute atomic E-state index is 15.6. The SMILES string of the molecule is COc1cc(C(=O)O)ccc1NC(=O)[C@@H]1NC(CC(C)(C)C)C(c2ccc(Cl)cc2F)C1c1cccc(Cl)c1F. The number of anilines is 1. The molecule has 1 aliphatic heterocycles. The molecular weight excluding hydrogens is 561 g/mol. The molecule has 40 heavy (non-hydrogen) atoms. The van der Waals surface area contributed by atoms with Gasteiger partial charge in [-0.25, -0.2) is 13.6 Å². The first-order chi connectivity index (χ1) is 18.8. The predicted molar refractivity (Wildman–Crippen MR) is 152 cm³/mol. The highest BCUT2D eigenvalue weighted by Gasteiger charge is 2.50. The molecule has 10 heteroatoms. The molecule has 1 fully saturated rings. The number of carbonyl (C=O) groups is 2. The third-order valence-electron chi connectivity index (χ3n) is 7.06. The molecule has 1 amide bonds. The van der Waals surface area contributed by atoms with Gasteiger partial charge in [0.15, 0.2) is 0 Å². The summed E-state index contributed by atoms with van der Waals surface area (Å²) in [5.41, 5.74) is 0.463. The lowest BCUT2D eigenvalue weighted by Gasteiger charge is -2.30. The molecule has 1 aliphatic rings. The van der Waals surface area contributed by atoms with Gasteiger partial charge in [0, 0.05) is 22.9 Å². The van der Waals surface area contributed by atoms with Crippen molar-refractivity contribution in [3.63, 3.8) is 0 Å². The molecule has 3 unspecified atom stereocenters. The van der Waals surface area contributed by atoms with E-state index in [1.165, 1.54) is 37.4 Å². The quantitative estimate of drug-likeness (QED) is 0.269. The summed E-state index contributed by atoms with van der Waals surface area (Å²) >= 11 is 12.2. The summed E-state index contributed by atoms with van der Waals surface area (Å²) in [5, 5.41) is 15.6. The minimum absolute atomic E-state index is 0.0174. The molecular formula is C30H30Cl2F2N2O4. The van der Waals surface area contributed by atoms with Gasteiger partial charge in [-0.05, 0) is 59.4 Å². The molecule has 0 aliphatic carbocycles. The van der Waals surface area contributed by atoms with Gasteiger partial charge in [0.2, 0.25) is 5.91 Å². The highest BCUT2D eigenvalue weighted by Crippen LogP contribution is 2.48. The molecule has 0 aromatic heterocycles. The molecule has 4 rings (SSSR count). The van der Waals surface area contributed by atoms with Crippen molar-refractivity contribution < 1.29 is 28.2 Å². The highest BCUT2D eigenvalue weighted by molar-refractivity contribution is 6.31. The largest absolute Gasteiger partial charge is 0.495 e. The Morgan fingerprint density at radius 3 is 2.38 bits per heavy atom. The molecule has 1 saturated heterocycles. The van der Waals surface area contributed by atoms with Crippen LogP contribution in [0.3, 0.4) is 0 Å². The second kappa shape index (κ2) is 11.7. The average Bonchev–Trinajstić information content (AvgIpc) is 3.22. The second-order valence-electron chi connectivity index (χ2n) is 11.1. The number of benzene rings is 3. The second-order valence-corrected chi connectivity index (χ2v) is 11.9. The number of amides is 1. The van der Waals surface area contributed by atoms with Gasteiger partial charge in [0.25, 0.3) is 0 Å². The van der Waals surface area contributed by atoms with Gasteiger partial charge in [0.1, 0.15) is 17.4 Å². The van der Waals surface area contributed by atoms with Crippen molar-refractivity contribution in [2.75, 3.05) is 12.4 Å². The molecule has 3 aromatic rings. The van der Waals surface area contributed by atoms with E-state index >= 15 is 8.78 Å². The lowest BCUT2D eigenvalue weighted by Crippen LogP contribution is -2.42. The summed E-state index contributed by atoms with van der Waals surface area (Å²) in [4.78, 5) is 25.3. The smallest absolute Gasteiger partial charge is 0.335 e. The van der Waals surface area contributed by atoms with Crippen LogP contribution in [0.1, 0.15) is 60.5 Å². The van der Waals surface area contributed by atoms with Gasteiger partial charge >= 0.3 is 5.97 Å². The molecule has 212 valence electrons. The minimum Gasteiger partial charge on any atom is -0.495 e. The van der Waals surface area contributed by atoms with E-state index in [-0.39, 0.29) is 38.0 Å². The van der Waals surface area contributed by atoms with Crippen LogP contribution in [0.5, 0.6) is 5.75 Å². The number of hydrogen-bond acceptors (Lipinski definition) is 4. The van der Waals surface area contributed by atoms with Crippen molar-refractivity contribution >= 4 is 40.8 Å². The van der Waals surface area contributed by atoms with Crippen LogP contribution in [-0.4, -0.2) is 36.2 Å². The van der Waals surface area contributed by atoms with Crippen molar-refractivity contribution in [2.24, 2.45) is 5.41 Å². The normalized spacial score (nSPS) is 20.8. The maximum Gasteiger partial charge on any atom is 0.335 e. The number of ether oxygens (including phenoxy) is 1. The highest BCUT2D eigenvalue weighted by atomic mass is 35.5. The Balaban J connectivity index is 1.84. The molecule has 3 aromatic carbocycles. The first kappa shape index (κ1) is 29.8. The number of aromatic carboxylic acids is 1. The molecule has 6 nitrogen and oxygen atoms in total. The number of methoxy groups -OCH3 is 1. The van der Waals surface area contributed by atoms with Gasteiger partial charge < -0.3 is 20.5 Å². The fourth-order valence-electron chi connectivity index (χ4n) is 5.45. The zero-order valence-corrected chi connectivity index (χ0v) is 23.9. The van der Waals surface area contributed by atoms with Crippen molar-refractivity contribution in [1.29, 1.82) is 0 Å². The lowest BCUT2D eigenvalue weighted by atomic mass is 9.74. The van der Waals surface area contributed by atoms with Gasteiger partial charge in [-0.15, -0.1) is 0 Å². The molecule has 0 bridgehead atoms. The van der Waals surface area contributed by atoms with Crippen LogP contribution < -0.4 is 15.4 Å². The predicted octanol–water partition coefficient (Wildman–Crippen LogP) is 7.26. The van der Waals surface area contributed by atoms with E-state index in [2.05, 4.69) is 10.6 Å². The number of carboxylic acid groups (broad SMARTS) is 1. The summed E-state index contributed by atoms with van der Waals surface area (Å²) in [5.74, 6) is -4.29. The monoisotopic (exact) mass is 590 g/mol. The van der Waals surface area contributed by atoms with Crippen molar-refractivity contribution in [1.82, 2.24) is 5.32 Å². The van der Waals surface area contributed by atoms with E-state index in [0.29, 0.717) is 12.0 Å². The maximum atomic E-state index is 15.6. The number of carboxylic acids is 1. The van der Waals surface area contributed by atoms with Crippen molar-refractivity contribution in [3.05, 3.63) is 93.0 Å². The Bertz CT molecular complexity index is 1440. The van der Waals surface area contributed by atoms with Crippen molar-refractivity contribution in [2.45, 2.75) is 51.1 Å². The van der Waals surface area contributed by atoms with Crippen LogP contribution in [-0.2, 0) is 4.79 Å². The Morgan fingerprint density at radius 1 is 1.02 bits per heavy atom. The van der Waals surface area contributed by atoms with Gasteiger partial charge in [0.05, 0.1) is 29.4 Å². The third-order valence-corrected chi connectivity index (χ3v) is 7.58. The zero-order valence-electron chi connectivity index (χ0n) is 22.4. The number of rotatable bonds is 7. The number of hydrogen-bond donors (Lipinski definition) is 3. The number of halogens is 4. The summed E-state index contributed by atoms with van der Waals surface area (Å²) in [6, 6.07) is 11.5. The van der Waals surface area contributed by atoms with E-state index in [0.717, 1.165) is 0 Å². The summed E-state index contributed by atoms with van der Waals surface area (Å²) in [7, 11) is 1.35. The number of carbonyl (C=O) groups excluding carboxylic acids is 1. The van der Waals surface area contributed by atoms with E-state index in [9.17, 15) is 14.7 Å². The Labute approximate surface area is 241 Å². The fraction of sp³-hybridized carbons (Fsp3) is 0.333. The van der Waals surface area contributed by atoms with Crippen LogP contribution in [0, 0.1) is 17.0 Å². The minimum atomic E-state index is -1.15. The Hall–Kier alpha value is -3.20. The van der Waals surface area contributed by atoms with Crippen LogP contribution >= 0.6 is 23.2 Å². The molecule has 0 spiro atoms. The number of nitrogens with one attached hydrogen (secondary N) is 2. The lowest BCUT2D eigenvalue weighted by molar-refractivity contribution is -0.118. The summed E-state index contributed by atoms with van der Waals surface area (Å²) in [6.45, 7) is 6.09. The standard InChI is InChI=1S/C30H30Cl2F2N2O4/c1-30(2,3)14-22-24(17-10-9-16(31)13-20(17)33)25(18-6-5-7-19(32)26(18)34)27(35-22)28(37)36-21-11-8-15(29(38)39)12-23(21)40-4/h5-13,22,24-25,27,35H,14H2,1-4H3,(H,36,37)(H,38,39)/t22?,24?,25?,27-/m1/s1. The first-order valence-corrected chi connectivity index (χ1v) is 13.4. The topological polar surface area (TPSA) is 87.7 Å². The third kappa shape index (κ3) is 6.24. The summed E-state index contributed by atoms with van der Waals surface area (Å²) < 4.78 is 36.4. The fourth-order valence-corrected chi connectivity index (χ4v) is 5.79. The van der Waals surface area contributed by atoms with Gasteiger partial charge in [-0.1, -0.05) is 62.2 Å². The van der Waals surface area contributed by atoms with Crippen LogP contribution in [0.15, 0.2) is 54.6 Å².